The summed E-state index contributed by atoms with van der Waals surface area (Å²) >= 11 is 0. The first kappa shape index (κ1) is 24.4. The fourth-order valence-corrected chi connectivity index (χ4v) is 9.02. The molecule has 0 unspecified atom stereocenters. The van der Waals surface area contributed by atoms with Crippen molar-refractivity contribution in [1.82, 2.24) is 0 Å². The Morgan fingerprint density at radius 3 is 1.78 bits per heavy atom. The van der Waals surface area contributed by atoms with Crippen LogP contribution in [-0.4, -0.2) is 27.8 Å². The van der Waals surface area contributed by atoms with E-state index in [1.54, 1.807) is 0 Å². The maximum Gasteiger partial charge on any atom is 0.219 e. The van der Waals surface area contributed by atoms with Gasteiger partial charge >= 0.3 is 0 Å². The lowest BCUT2D eigenvalue weighted by atomic mass is 9.96. The zero-order valence-electron chi connectivity index (χ0n) is 20.3. The minimum atomic E-state index is -2.20. The number of benzene rings is 3. The lowest BCUT2D eigenvalue weighted by molar-refractivity contribution is 0.0564. The number of ketones is 1. The summed E-state index contributed by atoms with van der Waals surface area (Å²) in [4.78, 5) is 13.3. The first-order valence-corrected chi connectivity index (χ1v) is 17.6. The topological polar surface area (TPSA) is 26.3 Å². The minimum absolute atomic E-state index is 0.0412. The van der Waals surface area contributed by atoms with Crippen molar-refractivity contribution < 1.29 is 9.22 Å². The van der Waals surface area contributed by atoms with Crippen LogP contribution in [0.5, 0.6) is 0 Å². The van der Waals surface area contributed by atoms with Gasteiger partial charge in [-0.25, -0.2) is 0 Å². The molecule has 0 aliphatic rings. The van der Waals surface area contributed by atoms with Gasteiger partial charge in [-0.05, 0) is 50.2 Å². The molecule has 168 valence electrons. The molecule has 0 heterocycles. The second-order valence-corrected chi connectivity index (χ2v) is 18.9. The molecular formula is C28H36O2Si2. The summed E-state index contributed by atoms with van der Waals surface area (Å²) in [5, 5.41) is 2.69. The van der Waals surface area contributed by atoms with Crippen LogP contribution in [0.1, 0.15) is 29.8 Å². The quantitative estimate of drug-likeness (QED) is 0.292. The first-order valence-electron chi connectivity index (χ1n) is 11.5. The fraction of sp³-hybridized carbons (Fsp3) is 0.321. The standard InChI is InChI=1S/C28H36O2Si2/c1-28(2,30-32(5,6)26-15-11-8-12-16-26)27(29)24-19-17-23(18-20-24)21-22-31(3,4)25-13-9-7-10-14-25/h7-20H,21-22H2,1-6H3. The molecule has 2 nitrogen and oxygen atoms in total. The van der Waals surface area contributed by atoms with Crippen LogP contribution in [0.25, 0.3) is 0 Å². The van der Waals surface area contributed by atoms with E-state index in [-0.39, 0.29) is 5.78 Å². The largest absolute Gasteiger partial charge is 0.401 e. The maximum atomic E-state index is 13.3. The van der Waals surface area contributed by atoms with Gasteiger partial charge in [-0.3, -0.25) is 4.79 Å². The molecule has 0 N–H and O–H groups in total. The SMILES string of the molecule is CC(C)(O[Si](C)(C)c1ccccc1)C(=O)c1ccc(CC[Si](C)(C)c2ccccc2)cc1. The average molecular weight is 461 g/mol. The minimum Gasteiger partial charge on any atom is -0.401 e. The number of carbonyl (C=O) groups is 1. The summed E-state index contributed by atoms with van der Waals surface area (Å²) in [5.41, 5.74) is 1.14. The molecule has 0 fully saturated rings. The number of aryl methyl sites for hydroxylation is 1. The van der Waals surface area contributed by atoms with Crippen LogP contribution in [0.4, 0.5) is 0 Å². The molecule has 4 heteroatoms. The molecule has 32 heavy (non-hydrogen) atoms. The average Bonchev–Trinajstić information content (AvgIpc) is 2.78. The molecule has 0 aromatic heterocycles. The number of rotatable bonds is 9. The molecule has 0 aliphatic carbocycles. The summed E-state index contributed by atoms with van der Waals surface area (Å²) < 4.78 is 6.49. The second-order valence-electron chi connectivity index (χ2n) is 10.3. The molecular weight excluding hydrogens is 424 g/mol. The van der Waals surface area contributed by atoms with E-state index in [2.05, 4.69) is 80.8 Å². The van der Waals surface area contributed by atoms with Crippen LogP contribution in [0.15, 0.2) is 84.9 Å². The van der Waals surface area contributed by atoms with Gasteiger partial charge in [0.1, 0.15) is 5.60 Å². The number of hydrogen-bond acceptors (Lipinski definition) is 2. The van der Waals surface area contributed by atoms with Gasteiger partial charge in [-0.15, -0.1) is 0 Å². The highest BCUT2D eigenvalue weighted by Gasteiger charge is 2.38. The highest BCUT2D eigenvalue weighted by Crippen LogP contribution is 2.23. The van der Waals surface area contributed by atoms with Gasteiger partial charge < -0.3 is 4.43 Å². The van der Waals surface area contributed by atoms with Crippen molar-refractivity contribution in [2.45, 2.75) is 58.1 Å². The normalized spacial score (nSPS) is 12.6. The third-order valence-electron chi connectivity index (χ3n) is 6.34. The van der Waals surface area contributed by atoms with E-state index in [9.17, 15) is 4.79 Å². The highest BCUT2D eigenvalue weighted by atomic mass is 28.4. The number of hydrogen-bond donors (Lipinski definition) is 0. The Morgan fingerprint density at radius 1 is 0.750 bits per heavy atom. The summed E-state index contributed by atoms with van der Waals surface area (Å²) in [6.07, 6.45) is 1.04. The molecule has 3 aromatic carbocycles. The summed E-state index contributed by atoms with van der Waals surface area (Å²) in [5.74, 6) is 0.0412. The number of carbonyl (C=O) groups excluding carboxylic acids is 1. The van der Waals surface area contributed by atoms with E-state index < -0.39 is 22.0 Å². The zero-order chi connectivity index (χ0) is 23.4. The molecule has 0 saturated heterocycles. The zero-order valence-corrected chi connectivity index (χ0v) is 22.3. The van der Waals surface area contributed by atoms with Crippen molar-refractivity contribution in [1.29, 1.82) is 0 Å². The third kappa shape index (κ3) is 5.94. The van der Waals surface area contributed by atoms with Gasteiger partial charge in [0.05, 0.1) is 8.07 Å². The summed E-state index contributed by atoms with van der Waals surface area (Å²) in [6.45, 7) is 13.0. The second kappa shape index (κ2) is 9.69. The van der Waals surface area contributed by atoms with Gasteiger partial charge in [0.25, 0.3) is 0 Å². The van der Waals surface area contributed by atoms with Crippen LogP contribution in [0, 0.1) is 0 Å². The monoisotopic (exact) mass is 460 g/mol. The van der Waals surface area contributed by atoms with Crippen LogP contribution >= 0.6 is 0 Å². The van der Waals surface area contributed by atoms with Crippen molar-refractivity contribution in [3.63, 3.8) is 0 Å². The fourth-order valence-electron chi connectivity index (χ4n) is 4.24. The van der Waals surface area contributed by atoms with Crippen molar-refractivity contribution >= 4 is 32.5 Å². The van der Waals surface area contributed by atoms with Gasteiger partial charge in [0, 0.05) is 5.56 Å². The van der Waals surface area contributed by atoms with Crippen molar-refractivity contribution in [2.24, 2.45) is 0 Å². The molecule has 0 aliphatic heterocycles. The molecule has 0 bridgehead atoms. The van der Waals surface area contributed by atoms with Crippen molar-refractivity contribution in [3.05, 3.63) is 96.1 Å². The lowest BCUT2D eigenvalue weighted by Crippen LogP contribution is -2.53. The Bertz CT molecular complexity index is 1020. The predicted octanol–water partition coefficient (Wildman–Crippen LogP) is 5.93. The Hall–Kier alpha value is -2.28. The van der Waals surface area contributed by atoms with E-state index in [0.29, 0.717) is 0 Å². The molecule has 3 rings (SSSR count). The molecule has 0 radical (unpaired) electrons. The Kier molecular flexibility index (Phi) is 7.38. The maximum absolute atomic E-state index is 13.3. The first-order chi connectivity index (χ1) is 15.0. The van der Waals surface area contributed by atoms with Gasteiger partial charge in [-0.1, -0.05) is 103 Å². The van der Waals surface area contributed by atoms with E-state index in [1.807, 2.05) is 44.2 Å². The predicted molar refractivity (Wildman–Crippen MR) is 142 cm³/mol. The van der Waals surface area contributed by atoms with Gasteiger partial charge in [-0.2, -0.15) is 0 Å². The van der Waals surface area contributed by atoms with Crippen molar-refractivity contribution in [2.75, 3.05) is 0 Å². The highest BCUT2D eigenvalue weighted by molar-refractivity contribution is 6.89. The Labute approximate surface area is 195 Å². The van der Waals surface area contributed by atoms with E-state index in [0.717, 1.165) is 12.0 Å². The number of Topliss-reactive ketones (excluding diaryl/α,β-unsaturated/α-hetero) is 1. The summed E-state index contributed by atoms with van der Waals surface area (Å²) in [6, 6.07) is 30.5. The van der Waals surface area contributed by atoms with Gasteiger partial charge in [0.15, 0.2) is 5.78 Å². The molecule has 0 spiro atoms. The summed E-state index contributed by atoms with van der Waals surface area (Å²) in [7, 11) is -3.67. The molecule has 0 amide bonds. The third-order valence-corrected chi connectivity index (χ3v) is 12.5. The lowest BCUT2D eigenvalue weighted by Gasteiger charge is -2.34. The molecule has 3 aromatic rings. The Balaban J connectivity index is 1.66. The molecule has 0 atom stereocenters. The van der Waals surface area contributed by atoms with E-state index in [4.69, 9.17) is 4.43 Å². The molecule has 0 saturated carbocycles. The smallest absolute Gasteiger partial charge is 0.219 e. The Morgan fingerprint density at radius 2 is 1.25 bits per heavy atom. The van der Waals surface area contributed by atoms with Crippen LogP contribution in [0.3, 0.4) is 0 Å². The van der Waals surface area contributed by atoms with E-state index >= 15 is 0 Å². The van der Waals surface area contributed by atoms with Crippen LogP contribution < -0.4 is 10.4 Å². The van der Waals surface area contributed by atoms with E-state index in [1.165, 1.54) is 22.0 Å². The van der Waals surface area contributed by atoms with Crippen LogP contribution in [-0.2, 0) is 10.8 Å². The van der Waals surface area contributed by atoms with Crippen LogP contribution in [0.2, 0.25) is 32.2 Å². The van der Waals surface area contributed by atoms with Gasteiger partial charge in [0.2, 0.25) is 8.32 Å². The van der Waals surface area contributed by atoms with Crippen molar-refractivity contribution in [3.8, 4) is 0 Å².